The smallest absolute Gasteiger partial charge is 0.251 e. The van der Waals surface area contributed by atoms with E-state index in [2.05, 4.69) is 10.6 Å². The summed E-state index contributed by atoms with van der Waals surface area (Å²) in [6.45, 7) is 8.51. The molecule has 1 aromatic carbocycles. The average molecular weight is 500 g/mol. The lowest BCUT2D eigenvalue weighted by molar-refractivity contribution is -0.126. The maximum Gasteiger partial charge on any atom is 0.251 e. The second-order valence-electron chi connectivity index (χ2n) is 11.0. The van der Waals surface area contributed by atoms with Crippen LogP contribution in [0.3, 0.4) is 0 Å². The van der Waals surface area contributed by atoms with Crippen molar-refractivity contribution in [3.8, 4) is 5.75 Å². The Balaban J connectivity index is 1.96. The van der Waals surface area contributed by atoms with E-state index in [-0.39, 0.29) is 36.2 Å². The summed E-state index contributed by atoms with van der Waals surface area (Å²) in [7, 11) is 1.58. The zero-order valence-electron chi connectivity index (χ0n) is 21.9. The highest BCUT2D eigenvalue weighted by atomic mass is 19.1. The molecule has 1 unspecified atom stereocenters. The molecule has 3 rings (SSSR count). The molecule has 0 heterocycles. The van der Waals surface area contributed by atoms with Crippen molar-refractivity contribution in [2.75, 3.05) is 20.2 Å². The number of nitrogens with one attached hydrogen (secondary N) is 2. The minimum Gasteiger partial charge on any atom is -0.493 e. The van der Waals surface area contributed by atoms with E-state index in [0.717, 1.165) is 12.8 Å². The van der Waals surface area contributed by atoms with Crippen LogP contribution in [0, 0.1) is 16.7 Å². The van der Waals surface area contributed by atoms with Gasteiger partial charge in [0.15, 0.2) is 0 Å². The first-order valence-electron chi connectivity index (χ1n) is 12.5. The van der Waals surface area contributed by atoms with Crippen molar-refractivity contribution in [1.29, 1.82) is 0 Å². The van der Waals surface area contributed by atoms with Crippen molar-refractivity contribution >= 4 is 23.3 Å². The number of carbonyl (C=O) groups excluding carboxylic acids is 3. The van der Waals surface area contributed by atoms with Crippen molar-refractivity contribution in [2.45, 2.75) is 59.8 Å². The summed E-state index contributed by atoms with van der Waals surface area (Å²) in [6.07, 6.45) is 4.09. The molecule has 0 aliphatic heterocycles. The third-order valence-electron chi connectivity index (χ3n) is 6.86. The molecule has 0 aromatic heterocycles. The van der Waals surface area contributed by atoms with Gasteiger partial charge in [0.25, 0.3) is 5.91 Å². The third-order valence-corrected chi connectivity index (χ3v) is 6.86. The Kier molecular flexibility index (Phi) is 8.26. The number of benzene rings is 1. The maximum atomic E-state index is 15.2. The molecule has 8 heteroatoms. The van der Waals surface area contributed by atoms with Crippen LogP contribution in [0.15, 0.2) is 35.7 Å². The Morgan fingerprint density at radius 2 is 1.92 bits per heavy atom. The van der Waals surface area contributed by atoms with E-state index in [1.807, 2.05) is 20.8 Å². The molecule has 3 amide bonds. The van der Waals surface area contributed by atoms with Crippen LogP contribution >= 0.6 is 0 Å². The van der Waals surface area contributed by atoms with E-state index in [9.17, 15) is 14.4 Å². The van der Waals surface area contributed by atoms with Crippen LogP contribution in [-0.2, 0) is 9.59 Å². The molecule has 4 N–H and O–H groups in total. The van der Waals surface area contributed by atoms with E-state index in [1.54, 1.807) is 32.2 Å². The molecule has 1 saturated carbocycles. The maximum absolute atomic E-state index is 15.2. The normalized spacial score (nSPS) is 20.0. The lowest BCUT2D eigenvalue weighted by Crippen LogP contribution is -2.39. The molecule has 36 heavy (non-hydrogen) atoms. The Bertz CT molecular complexity index is 1100. The molecular weight excluding hydrogens is 461 g/mol. The lowest BCUT2D eigenvalue weighted by atomic mass is 9.70. The summed E-state index contributed by atoms with van der Waals surface area (Å²) in [5.41, 5.74) is 6.76. The van der Waals surface area contributed by atoms with Gasteiger partial charge in [0.05, 0.1) is 12.0 Å². The van der Waals surface area contributed by atoms with Crippen LogP contribution in [0.2, 0.25) is 0 Å². The Hall–Kier alpha value is -3.16. The van der Waals surface area contributed by atoms with Gasteiger partial charge in [-0.1, -0.05) is 26.8 Å². The monoisotopic (exact) mass is 499 g/mol. The second kappa shape index (κ2) is 10.8. The number of primary amides is 1. The lowest BCUT2D eigenvalue weighted by Gasteiger charge is -2.33. The minimum absolute atomic E-state index is 0.0169. The van der Waals surface area contributed by atoms with Gasteiger partial charge in [0, 0.05) is 31.1 Å². The standard InChI is InChI=1S/C28H38FN3O4/c1-17-21(14-28(26(30)35,15-22(17)29)19-9-10-19)20-11-8-18(25(34)32-16-27(2,3)4)13-23(20)36-12-6-7-24(33)31-5/h8,11,13,15,19H,6-7,9-10,12,14,16H2,1-5H3,(H2,30,35)(H,31,33)(H,32,34). The van der Waals surface area contributed by atoms with Gasteiger partial charge in [-0.2, -0.15) is 0 Å². The molecule has 196 valence electrons. The van der Waals surface area contributed by atoms with Crippen LogP contribution in [0.4, 0.5) is 4.39 Å². The van der Waals surface area contributed by atoms with Crippen LogP contribution < -0.4 is 21.1 Å². The number of nitrogens with two attached hydrogens (primary N) is 1. The van der Waals surface area contributed by atoms with E-state index in [1.165, 1.54) is 6.08 Å². The van der Waals surface area contributed by atoms with Crippen LogP contribution in [-0.4, -0.2) is 37.9 Å². The number of amides is 3. The summed E-state index contributed by atoms with van der Waals surface area (Å²) in [6, 6.07) is 5.08. The van der Waals surface area contributed by atoms with Gasteiger partial charge in [-0.15, -0.1) is 0 Å². The van der Waals surface area contributed by atoms with Crippen LogP contribution in [0.1, 0.15) is 75.7 Å². The SMILES string of the molecule is CNC(=O)CCCOc1cc(C(=O)NCC(C)(C)C)ccc1C1=C(C)C(F)=CC(C(N)=O)(C2CC2)C1. The third kappa shape index (κ3) is 6.33. The molecule has 0 bridgehead atoms. The van der Waals surface area contributed by atoms with Gasteiger partial charge in [0.2, 0.25) is 11.8 Å². The summed E-state index contributed by atoms with van der Waals surface area (Å²) in [4.78, 5) is 37.0. The number of carbonyl (C=O) groups is 3. The Morgan fingerprint density at radius 3 is 2.50 bits per heavy atom. The largest absolute Gasteiger partial charge is 0.493 e. The van der Waals surface area contributed by atoms with E-state index >= 15 is 4.39 Å². The van der Waals surface area contributed by atoms with Gasteiger partial charge in [-0.3, -0.25) is 14.4 Å². The Labute approximate surface area is 212 Å². The van der Waals surface area contributed by atoms with E-state index in [0.29, 0.717) is 47.4 Å². The average Bonchev–Trinajstić information content (AvgIpc) is 3.67. The van der Waals surface area contributed by atoms with Crippen molar-refractivity contribution in [3.63, 3.8) is 0 Å². The summed E-state index contributed by atoms with van der Waals surface area (Å²) < 4.78 is 21.2. The van der Waals surface area contributed by atoms with E-state index < -0.39 is 17.1 Å². The summed E-state index contributed by atoms with van der Waals surface area (Å²) >= 11 is 0. The fourth-order valence-corrected chi connectivity index (χ4v) is 4.49. The van der Waals surface area contributed by atoms with Crippen LogP contribution in [0.25, 0.3) is 5.57 Å². The highest BCUT2D eigenvalue weighted by Crippen LogP contribution is 2.55. The number of allylic oxidation sites excluding steroid dienone is 3. The highest BCUT2D eigenvalue weighted by molar-refractivity contribution is 5.96. The molecule has 1 aromatic rings. The zero-order chi connectivity index (χ0) is 26.7. The fourth-order valence-electron chi connectivity index (χ4n) is 4.49. The van der Waals surface area contributed by atoms with Gasteiger partial charge in [-0.05, 0) is 73.3 Å². The predicted molar refractivity (Wildman–Crippen MR) is 138 cm³/mol. The minimum atomic E-state index is -1.07. The van der Waals surface area contributed by atoms with Crippen molar-refractivity contribution < 1.29 is 23.5 Å². The predicted octanol–water partition coefficient (Wildman–Crippen LogP) is 4.28. The van der Waals surface area contributed by atoms with Gasteiger partial charge < -0.3 is 21.1 Å². The topological polar surface area (TPSA) is 111 Å². The molecule has 0 radical (unpaired) electrons. The molecular formula is C28H38FN3O4. The number of hydrogen-bond donors (Lipinski definition) is 3. The van der Waals surface area contributed by atoms with Crippen LogP contribution in [0.5, 0.6) is 5.75 Å². The first-order chi connectivity index (χ1) is 16.9. The number of halogens is 1. The summed E-state index contributed by atoms with van der Waals surface area (Å²) in [5.74, 6) is -0.896. The highest BCUT2D eigenvalue weighted by Gasteiger charge is 2.51. The summed E-state index contributed by atoms with van der Waals surface area (Å²) in [5, 5.41) is 5.51. The van der Waals surface area contributed by atoms with Crippen molar-refractivity contribution in [3.05, 3.63) is 46.8 Å². The molecule has 2 aliphatic carbocycles. The number of hydrogen-bond acceptors (Lipinski definition) is 4. The van der Waals surface area contributed by atoms with Crippen molar-refractivity contribution in [2.24, 2.45) is 22.5 Å². The molecule has 7 nitrogen and oxygen atoms in total. The first-order valence-corrected chi connectivity index (χ1v) is 12.5. The van der Waals surface area contributed by atoms with Gasteiger partial charge in [0.1, 0.15) is 11.6 Å². The number of rotatable bonds is 10. The second-order valence-corrected chi connectivity index (χ2v) is 11.0. The molecule has 0 spiro atoms. The first kappa shape index (κ1) is 27.4. The number of ether oxygens (including phenoxy) is 1. The van der Waals surface area contributed by atoms with Gasteiger partial charge in [-0.25, -0.2) is 4.39 Å². The molecule has 2 aliphatic rings. The molecule has 1 atom stereocenters. The van der Waals surface area contributed by atoms with Gasteiger partial charge >= 0.3 is 0 Å². The Morgan fingerprint density at radius 1 is 1.22 bits per heavy atom. The molecule has 0 saturated heterocycles. The molecule has 1 fully saturated rings. The van der Waals surface area contributed by atoms with Crippen molar-refractivity contribution in [1.82, 2.24) is 10.6 Å². The fraction of sp³-hybridized carbons (Fsp3) is 0.536. The quantitative estimate of drug-likeness (QED) is 0.417. The zero-order valence-corrected chi connectivity index (χ0v) is 21.9. The van der Waals surface area contributed by atoms with E-state index in [4.69, 9.17) is 10.5 Å².